The second kappa shape index (κ2) is 13.8. The van der Waals surface area contributed by atoms with Crippen molar-refractivity contribution in [3.8, 4) is 0 Å². The molecule has 7 nitrogen and oxygen atoms in total. The van der Waals surface area contributed by atoms with Gasteiger partial charge in [0.15, 0.2) is 0 Å². The molecular formula is C28H38F3N3O4S. The van der Waals surface area contributed by atoms with Crippen molar-refractivity contribution in [1.29, 1.82) is 0 Å². The van der Waals surface area contributed by atoms with Crippen LogP contribution in [0, 0.1) is 6.92 Å². The van der Waals surface area contributed by atoms with Gasteiger partial charge in [-0.25, -0.2) is 8.42 Å². The quantitative estimate of drug-likeness (QED) is 0.356. The third-order valence-electron chi connectivity index (χ3n) is 6.47. The Balaban J connectivity index is 2.26. The van der Waals surface area contributed by atoms with Crippen LogP contribution in [0.4, 0.5) is 18.9 Å². The summed E-state index contributed by atoms with van der Waals surface area (Å²) in [5, 5.41) is 2.93. The van der Waals surface area contributed by atoms with Gasteiger partial charge in [0.2, 0.25) is 21.8 Å². The van der Waals surface area contributed by atoms with Crippen LogP contribution in [-0.4, -0.2) is 50.0 Å². The lowest BCUT2D eigenvalue weighted by Crippen LogP contribution is -2.50. The summed E-state index contributed by atoms with van der Waals surface area (Å²) in [7, 11) is -3.92. The first kappa shape index (κ1) is 32.1. The van der Waals surface area contributed by atoms with Crippen molar-refractivity contribution in [2.24, 2.45) is 0 Å². The first-order valence-corrected chi connectivity index (χ1v) is 14.8. The molecule has 0 bridgehead atoms. The molecule has 216 valence electrons. The van der Waals surface area contributed by atoms with Gasteiger partial charge in [-0.3, -0.25) is 13.9 Å². The number of benzene rings is 2. The molecule has 1 N–H and O–H groups in total. The summed E-state index contributed by atoms with van der Waals surface area (Å²) in [6.45, 7) is 7.58. The number of halogens is 3. The van der Waals surface area contributed by atoms with E-state index in [-0.39, 0.29) is 49.5 Å². The molecule has 0 saturated carbocycles. The van der Waals surface area contributed by atoms with E-state index in [1.165, 1.54) is 11.0 Å². The first-order chi connectivity index (χ1) is 18.2. The maximum Gasteiger partial charge on any atom is 0.416 e. The number of alkyl halides is 3. The molecule has 2 aromatic carbocycles. The van der Waals surface area contributed by atoms with E-state index in [1.807, 2.05) is 52.0 Å². The van der Waals surface area contributed by atoms with Crippen molar-refractivity contribution >= 4 is 27.5 Å². The van der Waals surface area contributed by atoms with Crippen LogP contribution in [0.25, 0.3) is 0 Å². The highest BCUT2D eigenvalue weighted by Crippen LogP contribution is 2.32. The number of amides is 2. The van der Waals surface area contributed by atoms with Gasteiger partial charge in [-0.15, -0.1) is 0 Å². The van der Waals surface area contributed by atoms with Crippen LogP contribution in [0.2, 0.25) is 0 Å². The Kier molecular flexibility index (Phi) is 11.4. The maximum atomic E-state index is 13.5. The molecule has 0 fully saturated rings. The third kappa shape index (κ3) is 9.56. The number of sulfonamides is 1. The summed E-state index contributed by atoms with van der Waals surface area (Å²) in [4.78, 5) is 28.0. The Morgan fingerprint density at radius 2 is 1.67 bits per heavy atom. The molecular weight excluding hydrogens is 531 g/mol. The number of carbonyl (C=O) groups is 2. The van der Waals surface area contributed by atoms with Crippen LogP contribution >= 0.6 is 0 Å². The summed E-state index contributed by atoms with van der Waals surface area (Å²) >= 11 is 0. The summed E-state index contributed by atoms with van der Waals surface area (Å²) in [5.74, 6) is -0.617. The van der Waals surface area contributed by atoms with Crippen molar-refractivity contribution < 1.29 is 31.2 Å². The second-order valence-corrected chi connectivity index (χ2v) is 11.6. The van der Waals surface area contributed by atoms with E-state index in [9.17, 15) is 31.2 Å². The minimum Gasteiger partial charge on any atom is -0.352 e. The Morgan fingerprint density at radius 1 is 1.03 bits per heavy atom. The van der Waals surface area contributed by atoms with Crippen molar-refractivity contribution in [2.45, 2.75) is 78.2 Å². The fourth-order valence-electron chi connectivity index (χ4n) is 4.09. The lowest BCUT2D eigenvalue weighted by molar-refractivity contribution is -0.141. The van der Waals surface area contributed by atoms with E-state index >= 15 is 0 Å². The third-order valence-corrected chi connectivity index (χ3v) is 7.67. The topological polar surface area (TPSA) is 86.8 Å². The average Bonchev–Trinajstić information content (AvgIpc) is 2.86. The summed E-state index contributed by atoms with van der Waals surface area (Å²) in [6, 6.07) is 10.9. The van der Waals surface area contributed by atoms with Crippen molar-refractivity contribution in [3.05, 3.63) is 65.2 Å². The molecule has 2 unspecified atom stereocenters. The highest BCUT2D eigenvalue weighted by molar-refractivity contribution is 7.92. The number of aryl methyl sites for hydroxylation is 1. The standard InChI is InChI=1S/C28H38F3N3O4S/c1-6-21(4)32-27(36)25(7-2)33(19-22-15-13-20(3)14-16-22)26(35)12-9-17-34(39(5,37)38)24-11-8-10-23(18-24)28(29,30)31/h8,10-11,13-16,18,21,25H,6-7,9,12,17,19H2,1-5H3,(H,32,36). The van der Waals surface area contributed by atoms with Crippen LogP contribution in [0.5, 0.6) is 0 Å². The van der Waals surface area contributed by atoms with Crippen molar-refractivity contribution in [1.82, 2.24) is 10.2 Å². The van der Waals surface area contributed by atoms with Gasteiger partial charge in [0.25, 0.3) is 0 Å². The Bertz CT molecular complexity index is 1220. The van der Waals surface area contributed by atoms with Gasteiger partial charge in [0.1, 0.15) is 6.04 Å². The van der Waals surface area contributed by atoms with Gasteiger partial charge >= 0.3 is 6.18 Å². The largest absolute Gasteiger partial charge is 0.416 e. The molecule has 2 aromatic rings. The molecule has 0 aliphatic heterocycles. The van der Waals surface area contributed by atoms with Gasteiger partial charge in [0, 0.05) is 25.6 Å². The van der Waals surface area contributed by atoms with Gasteiger partial charge in [-0.2, -0.15) is 13.2 Å². The number of hydrogen-bond acceptors (Lipinski definition) is 4. The molecule has 0 aromatic heterocycles. The molecule has 0 spiro atoms. The molecule has 0 radical (unpaired) electrons. The molecule has 0 heterocycles. The number of carbonyl (C=O) groups excluding carboxylic acids is 2. The van der Waals surface area contributed by atoms with Crippen LogP contribution in [0.3, 0.4) is 0 Å². The smallest absolute Gasteiger partial charge is 0.352 e. The van der Waals surface area contributed by atoms with Crippen LogP contribution < -0.4 is 9.62 Å². The highest BCUT2D eigenvalue weighted by atomic mass is 32.2. The molecule has 0 aliphatic carbocycles. The summed E-state index contributed by atoms with van der Waals surface area (Å²) < 4.78 is 65.4. The van der Waals surface area contributed by atoms with Crippen LogP contribution in [-0.2, 0) is 32.3 Å². The molecule has 11 heteroatoms. The van der Waals surface area contributed by atoms with Gasteiger partial charge in [0.05, 0.1) is 17.5 Å². The number of hydrogen-bond donors (Lipinski definition) is 1. The summed E-state index contributed by atoms with van der Waals surface area (Å²) in [6.07, 6.45) is -2.66. The molecule has 2 rings (SSSR count). The Labute approximate surface area is 229 Å². The zero-order valence-corrected chi connectivity index (χ0v) is 23.9. The van der Waals surface area contributed by atoms with Gasteiger partial charge in [-0.1, -0.05) is 49.7 Å². The minimum atomic E-state index is -4.63. The van der Waals surface area contributed by atoms with Crippen molar-refractivity contribution in [2.75, 3.05) is 17.1 Å². The number of rotatable bonds is 13. The molecule has 39 heavy (non-hydrogen) atoms. The Hall–Kier alpha value is -3.08. The van der Waals surface area contributed by atoms with Gasteiger partial charge in [-0.05, 0) is 56.9 Å². The average molecular weight is 570 g/mol. The number of nitrogens with zero attached hydrogens (tertiary/aromatic N) is 2. The van der Waals surface area contributed by atoms with Crippen LogP contribution in [0.15, 0.2) is 48.5 Å². The van der Waals surface area contributed by atoms with E-state index in [0.29, 0.717) is 6.42 Å². The SMILES string of the molecule is CCC(C)NC(=O)C(CC)N(Cc1ccc(C)cc1)C(=O)CCCN(c1cccc(C(F)(F)F)c1)S(C)(=O)=O. The second-order valence-electron chi connectivity index (χ2n) is 9.74. The predicted molar refractivity (Wildman–Crippen MR) is 147 cm³/mol. The zero-order chi connectivity index (χ0) is 29.4. The fraction of sp³-hybridized carbons (Fsp3) is 0.500. The summed E-state index contributed by atoms with van der Waals surface area (Å²) in [5.41, 5.74) is 0.793. The monoisotopic (exact) mass is 569 g/mol. The van der Waals surface area contributed by atoms with E-state index in [2.05, 4.69) is 5.32 Å². The fourth-order valence-corrected chi connectivity index (χ4v) is 5.05. The predicted octanol–water partition coefficient (Wildman–Crippen LogP) is 5.28. The normalized spacial score (nSPS) is 13.4. The molecule has 2 amide bonds. The molecule has 0 saturated heterocycles. The zero-order valence-electron chi connectivity index (χ0n) is 23.1. The van der Waals surface area contributed by atoms with Crippen LogP contribution in [0.1, 0.15) is 63.1 Å². The van der Waals surface area contributed by atoms with E-state index in [1.54, 1.807) is 0 Å². The van der Waals surface area contributed by atoms with Gasteiger partial charge < -0.3 is 10.2 Å². The lowest BCUT2D eigenvalue weighted by atomic mass is 10.1. The maximum absolute atomic E-state index is 13.5. The minimum absolute atomic E-state index is 0.0516. The number of anilines is 1. The van der Waals surface area contributed by atoms with E-state index < -0.39 is 27.8 Å². The van der Waals surface area contributed by atoms with E-state index in [4.69, 9.17) is 0 Å². The highest BCUT2D eigenvalue weighted by Gasteiger charge is 2.32. The van der Waals surface area contributed by atoms with Crippen molar-refractivity contribution in [3.63, 3.8) is 0 Å². The lowest BCUT2D eigenvalue weighted by Gasteiger charge is -2.32. The molecule has 2 atom stereocenters. The Morgan fingerprint density at radius 3 is 2.21 bits per heavy atom. The first-order valence-electron chi connectivity index (χ1n) is 13.0. The molecule has 0 aliphatic rings. The number of nitrogens with one attached hydrogen (secondary N) is 1. The van der Waals surface area contributed by atoms with E-state index in [0.717, 1.165) is 46.3 Å².